The topological polar surface area (TPSA) is 71.4 Å². The zero-order chi connectivity index (χ0) is 15.1. The molecule has 1 amide bonds. The number of nitrogens with zero attached hydrogens (tertiary/aromatic N) is 1. The summed E-state index contributed by atoms with van der Waals surface area (Å²) in [7, 11) is 1.30. The summed E-state index contributed by atoms with van der Waals surface area (Å²) in [5.41, 5.74) is 0.107. The second-order valence-corrected chi connectivity index (χ2v) is 3.81. The molecule has 0 spiro atoms. The number of carbonyl (C=O) groups is 1. The number of hydrogen-bond acceptors (Lipinski definition) is 4. The lowest BCUT2D eigenvalue weighted by atomic mass is 10.1. The van der Waals surface area contributed by atoms with E-state index in [2.05, 4.69) is 10.1 Å². The van der Waals surface area contributed by atoms with Crippen LogP contribution in [0.3, 0.4) is 0 Å². The van der Waals surface area contributed by atoms with Crippen LogP contribution in [0.4, 0.5) is 8.78 Å². The first-order valence-electron chi connectivity index (χ1n) is 5.85. The Morgan fingerprint density at radius 2 is 2.15 bits per heavy atom. The molecule has 0 heterocycles. The van der Waals surface area contributed by atoms with Crippen LogP contribution >= 0.6 is 0 Å². The van der Waals surface area contributed by atoms with Gasteiger partial charge >= 0.3 is 6.61 Å². The van der Waals surface area contributed by atoms with E-state index in [1.54, 1.807) is 6.92 Å². The van der Waals surface area contributed by atoms with Gasteiger partial charge in [0.05, 0.1) is 13.2 Å². The molecule has 1 rings (SSSR count). The Balaban J connectivity index is 2.96. The molecule has 5 nitrogen and oxygen atoms in total. The average Bonchev–Trinajstić information content (AvgIpc) is 2.43. The highest BCUT2D eigenvalue weighted by Gasteiger charge is 2.16. The second-order valence-electron chi connectivity index (χ2n) is 3.81. The summed E-state index contributed by atoms with van der Waals surface area (Å²) in [6.45, 7) is -1.28. The van der Waals surface area contributed by atoms with Crippen LogP contribution in [0.15, 0.2) is 18.2 Å². The maximum Gasteiger partial charge on any atom is 0.387 e. The van der Waals surface area contributed by atoms with Crippen molar-refractivity contribution in [2.75, 3.05) is 7.11 Å². The fourth-order valence-electron chi connectivity index (χ4n) is 1.47. The van der Waals surface area contributed by atoms with E-state index < -0.39 is 18.6 Å². The van der Waals surface area contributed by atoms with E-state index in [0.29, 0.717) is 6.42 Å². The molecule has 0 aromatic heterocycles. The summed E-state index contributed by atoms with van der Waals surface area (Å²) in [4.78, 5) is 11.9. The summed E-state index contributed by atoms with van der Waals surface area (Å²) < 4.78 is 33.7. The van der Waals surface area contributed by atoms with Crippen LogP contribution in [0.1, 0.15) is 23.7 Å². The molecule has 0 saturated heterocycles. The highest BCUT2D eigenvalue weighted by atomic mass is 19.3. The quantitative estimate of drug-likeness (QED) is 0.870. The van der Waals surface area contributed by atoms with Gasteiger partial charge in [-0.25, -0.2) is 0 Å². The number of rotatable bonds is 6. The van der Waals surface area contributed by atoms with Gasteiger partial charge in [-0.05, 0) is 24.6 Å². The Morgan fingerprint density at radius 1 is 1.45 bits per heavy atom. The van der Waals surface area contributed by atoms with Gasteiger partial charge in [-0.3, -0.25) is 4.79 Å². The molecule has 108 valence electrons. The maximum absolute atomic E-state index is 12.3. The van der Waals surface area contributed by atoms with Crippen LogP contribution < -0.4 is 14.8 Å². The van der Waals surface area contributed by atoms with Crippen LogP contribution in [0.5, 0.6) is 11.5 Å². The average molecular weight is 284 g/mol. The number of halogens is 2. The monoisotopic (exact) mass is 284 g/mol. The fourth-order valence-corrected chi connectivity index (χ4v) is 1.47. The minimum atomic E-state index is -3.02. The standard InChI is InChI=1S/C13H14F2N2O3/c1-3-9(7-16)17-12(18)8-4-5-10(19-2)11(6-8)20-13(14)15/h4-6,9,13H,3H2,1-2H3,(H,17,18)/t9-/m1/s1. The van der Waals surface area contributed by atoms with Gasteiger partial charge in [-0.2, -0.15) is 14.0 Å². The van der Waals surface area contributed by atoms with Crippen molar-refractivity contribution in [1.82, 2.24) is 5.32 Å². The number of benzene rings is 1. The highest BCUT2D eigenvalue weighted by molar-refractivity contribution is 5.95. The first-order valence-corrected chi connectivity index (χ1v) is 5.85. The van der Waals surface area contributed by atoms with Gasteiger partial charge in [0.2, 0.25) is 0 Å². The molecule has 0 bridgehead atoms. The van der Waals surface area contributed by atoms with Gasteiger partial charge in [0, 0.05) is 5.56 Å². The molecular weight excluding hydrogens is 270 g/mol. The number of ether oxygens (including phenoxy) is 2. The minimum Gasteiger partial charge on any atom is -0.493 e. The van der Waals surface area contributed by atoms with Crippen LogP contribution in [0.2, 0.25) is 0 Å². The number of alkyl halides is 2. The van der Waals surface area contributed by atoms with E-state index in [-0.39, 0.29) is 17.1 Å². The van der Waals surface area contributed by atoms with E-state index >= 15 is 0 Å². The normalized spacial score (nSPS) is 11.6. The van der Waals surface area contributed by atoms with Crippen molar-refractivity contribution >= 4 is 5.91 Å². The largest absolute Gasteiger partial charge is 0.493 e. The molecule has 1 aromatic carbocycles. The first-order chi connectivity index (χ1) is 9.51. The predicted octanol–water partition coefficient (Wildman–Crippen LogP) is 2.33. The zero-order valence-electron chi connectivity index (χ0n) is 11.0. The van der Waals surface area contributed by atoms with E-state index in [4.69, 9.17) is 10.00 Å². The Kier molecular flexibility index (Phi) is 5.72. The van der Waals surface area contributed by atoms with Crippen LogP contribution in [-0.4, -0.2) is 25.7 Å². The molecule has 0 saturated carbocycles. The molecule has 1 N–H and O–H groups in total. The Morgan fingerprint density at radius 3 is 2.65 bits per heavy atom. The number of amides is 1. The third kappa shape index (κ3) is 4.09. The summed E-state index contributed by atoms with van der Waals surface area (Å²) in [5, 5.41) is 11.2. The molecule has 0 unspecified atom stereocenters. The minimum absolute atomic E-state index is 0.0918. The summed E-state index contributed by atoms with van der Waals surface area (Å²) in [6, 6.07) is 5.17. The second kappa shape index (κ2) is 7.28. The van der Waals surface area contributed by atoms with Crippen molar-refractivity contribution in [3.63, 3.8) is 0 Å². The summed E-state index contributed by atoms with van der Waals surface area (Å²) in [6.07, 6.45) is 0.443. The highest BCUT2D eigenvalue weighted by Crippen LogP contribution is 2.29. The molecule has 20 heavy (non-hydrogen) atoms. The van der Waals surface area contributed by atoms with Crippen molar-refractivity contribution in [2.24, 2.45) is 0 Å². The summed E-state index contributed by atoms with van der Waals surface area (Å²) >= 11 is 0. The van der Waals surface area contributed by atoms with E-state index in [1.807, 2.05) is 6.07 Å². The van der Waals surface area contributed by atoms with Gasteiger partial charge < -0.3 is 14.8 Å². The lowest BCUT2D eigenvalue weighted by Gasteiger charge is -2.13. The molecule has 1 aromatic rings. The van der Waals surface area contributed by atoms with Crippen molar-refractivity contribution in [2.45, 2.75) is 26.0 Å². The van der Waals surface area contributed by atoms with Gasteiger partial charge in [0.25, 0.3) is 5.91 Å². The smallest absolute Gasteiger partial charge is 0.387 e. The Hall–Kier alpha value is -2.36. The molecule has 0 radical (unpaired) electrons. The Bertz CT molecular complexity index is 515. The van der Waals surface area contributed by atoms with Crippen LogP contribution in [0, 0.1) is 11.3 Å². The number of carbonyl (C=O) groups excluding carboxylic acids is 1. The van der Waals surface area contributed by atoms with Gasteiger partial charge in [-0.15, -0.1) is 0 Å². The van der Waals surface area contributed by atoms with Crippen molar-refractivity contribution in [3.8, 4) is 17.6 Å². The van der Waals surface area contributed by atoms with Crippen LogP contribution in [-0.2, 0) is 0 Å². The van der Waals surface area contributed by atoms with Crippen LogP contribution in [0.25, 0.3) is 0 Å². The fraction of sp³-hybridized carbons (Fsp3) is 0.385. The van der Waals surface area contributed by atoms with Gasteiger partial charge in [-0.1, -0.05) is 6.92 Å². The molecule has 0 aliphatic rings. The van der Waals surface area contributed by atoms with E-state index in [9.17, 15) is 13.6 Å². The van der Waals surface area contributed by atoms with Gasteiger partial charge in [0.15, 0.2) is 11.5 Å². The molecule has 0 aliphatic carbocycles. The maximum atomic E-state index is 12.3. The van der Waals surface area contributed by atoms with Crippen molar-refractivity contribution < 1.29 is 23.0 Å². The van der Waals surface area contributed by atoms with E-state index in [0.717, 1.165) is 6.07 Å². The number of methoxy groups -OCH3 is 1. The molecule has 7 heteroatoms. The molecular formula is C13H14F2N2O3. The number of hydrogen-bond donors (Lipinski definition) is 1. The summed E-state index contributed by atoms with van der Waals surface area (Å²) in [5.74, 6) is -0.686. The predicted molar refractivity (Wildman–Crippen MR) is 66.8 cm³/mol. The third-order valence-electron chi connectivity index (χ3n) is 2.51. The van der Waals surface area contributed by atoms with Gasteiger partial charge in [0.1, 0.15) is 6.04 Å². The lowest BCUT2D eigenvalue weighted by molar-refractivity contribution is -0.0512. The Labute approximate surface area is 115 Å². The SMILES string of the molecule is CC[C@H](C#N)NC(=O)c1ccc(OC)c(OC(F)F)c1. The third-order valence-corrected chi connectivity index (χ3v) is 2.51. The lowest BCUT2D eigenvalue weighted by Crippen LogP contribution is -2.33. The first kappa shape index (κ1) is 15.7. The molecule has 0 fully saturated rings. The molecule has 0 aliphatic heterocycles. The number of nitrogens with one attached hydrogen (secondary N) is 1. The van der Waals surface area contributed by atoms with E-state index in [1.165, 1.54) is 19.2 Å². The number of nitriles is 1. The zero-order valence-corrected chi connectivity index (χ0v) is 11.0. The van der Waals surface area contributed by atoms with Crippen molar-refractivity contribution in [3.05, 3.63) is 23.8 Å². The van der Waals surface area contributed by atoms with Crippen molar-refractivity contribution in [1.29, 1.82) is 5.26 Å². The molecule has 1 atom stereocenters.